The minimum absolute atomic E-state index is 0.0381. The number of nitrogens with zero attached hydrogens (tertiary/aromatic N) is 1. The SMILES string of the molecule is CC(=O)C1=CCN([S@@](=O)C(C)(C)C)[C@@H]1/C=C/c1ccccc1. The van der Waals surface area contributed by atoms with Gasteiger partial charge < -0.3 is 0 Å². The van der Waals surface area contributed by atoms with Crippen LogP contribution in [0.1, 0.15) is 33.3 Å². The van der Waals surface area contributed by atoms with Crippen LogP contribution in [0.5, 0.6) is 0 Å². The predicted molar refractivity (Wildman–Crippen MR) is 92.6 cm³/mol. The van der Waals surface area contributed by atoms with Crippen molar-refractivity contribution >= 4 is 22.8 Å². The van der Waals surface area contributed by atoms with E-state index < -0.39 is 11.0 Å². The number of hydrogen-bond donors (Lipinski definition) is 0. The van der Waals surface area contributed by atoms with Gasteiger partial charge in [-0.05, 0) is 33.3 Å². The normalized spacial score (nSPS) is 21.1. The maximum absolute atomic E-state index is 12.7. The van der Waals surface area contributed by atoms with Crippen molar-refractivity contribution in [3.8, 4) is 0 Å². The number of carbonyl (C=O) groups is 1. The van der Waals surface area contributed by atoms with E-state index in [1.165, 1.54) is 0 Å². The van der Waals surface area contributed by atoms with Crippen molar-refractivity contribution in [2.24, 2.45) is 0 Å². The van der Waals surface area contributed by atoms with Gasteiger partial charge in [0.1, 0.15) is 11.0 Å². The number of hydrogen-bond acceptors (Lipinski definition) is 2. The second-order valence-corrected chi connectivity index (χ2v) is 8.58. The summed E-state index contributed by atoms with van der Waals surface area (Å²) in [6.07, 6.45) is 5.85. The molecule has 0 N–H and O–H groups in total. The highest BCUT2D eigenvalue weighted by atomic mass is 32.2. The molecule has 118 valence electrons. The topological polar surface area (TPSA) is 37.4 Å². The van der Waals surface area contributed by atoms with E-state index >= 15 is 0 Å². The molecule has 22 heavy (non-hydrogen) atoms. The number of carbonyl (C=O) groups excluding carboxylic acids is 1. The molecule has 2 rings (SSSR count). The first-order chi connectivity index (χ1) is 10.3. The van der Waals surface area contributed by atoms with E-state index in [0.717, 1.165) is 11.1 Å². The van der Waals surface area contributed by atoms with Crippen LogP contribution in [-0.2, 0) is 15.8 Å². The highest BCUT2D eigenvalue weighted by Crippen LogP contribution is 2.27. The lowest BCUT2D eigenvalue weighted by atomic mass is 10.0. The summed E-state index contributed by atoms with van der Waals surface area (Å²) in [5.41, 5.74) is 1.79. The molecular formula is C18H23NO2S. The summed E-state index contributed by atoms with van der Waals surface area (Å²) in [6.45, 7) is 7.97. The number of ketones is 1. The summed E-state index contributed by atoms with van der Waals surface area (Å²) >= 11 is 0. The Morgan fingerprint density at radius 1 is 1.27 bits per heavy atom. The zero-order valence-corrected chi connectivity index (χ0v) is 14.4. The van der Waals surface area contributed by atoms with Crippen LogP contribution in [0.4, 0.5) is 0 Å². The Bertz CT molecular complexity index is 626. The molecule has 1 aromatic carbocycles. The lowest BCUT2D eigenvalue weighted by Gasteiger charge is -2.29. The molecule has 1 aliphatic heterocycles. The van der Waals surface area contributed by atoms with E-state index in [1.54, 1.807) is 6.92 Å². The van der Waals surface area contributed by atoms with E-state index in [2.05, 4.69) is 0 Å². The van der Waals surface area contributed by atoms with E-state index in [1.807, 2.05) is 73.6 Å². The third kappa shape index (κ3) is 3.81. The van der Waals surface area contributed by atoms with Crippen LogP contribution in [0.25, 0.3) is 6.08 Å². The smallest absolute Gasteiger partial charge is 0.157 e. The van der Waals surface area contributed by atoms with E-state index in [9.17, 15) is 9.00 Å². The summed E-state index contributed by atoms with van der Waals surface area (Å²) in [6, 6.07) is 9.70. The van der Waals surface area contributed by atoms with Crippen LogP contribution >= 0.6 is 0 Å². The molecule has 1 heterocycles. The van der Waals surface area contributed by atoms with Crippen molar-refractivity contribution in [3.63, 3.8) is 0 Å². The molecule has 0 amide bonds. The Kier molecular flexibility index (Phi) is 5.14. The van der Waals surface area contributed by atoms with E-state index in [4.69, 9.17) is 0 Å². The molecule has 0 bridgehead atoms. The van der Waals surface area contributed by atoms with Crippen molar-refractivity contribution < 1.29 is 9.00 Å². The van der Waals surface area contributed by atoms with Crippen molar-refractivity contribution in [1.29, 1.82) is 0 Å². The summed E-state index contributed by atoms with van der Waals surface area (Å²) in [4.78, 5) is 11.9. The molecule has 0 saturated carbocycles. The van der Waals surface area contributed by atoms with E-state index in [-0.39, 0.29) is 16.6 Å². The molecule has 1 aliphatic rings. The van der Waals surface area contributed by atoms with Gasteiger partial charge in [0.2, 0.25) is 0 Å². The molecule has 0 aliphatic carbocycles. The standard InChI is InChI=1S/C18H23NO2S/c1-14(20)16-12-13-19(22(21)18(2,3)4)17(16)11-10-15-8-6-5-7-9-15/h5-12,17H,13H2,1-4H3/b11-10+/t17-,22+/m1/s1. The maximum Gasteiger partial charge on any atom is 0.157 e. The quantitative estimate of drug-likeness (QED) is 0.854. The fourth-order valence-electron chi connectivity index (χ4n) is 2.42. The van der Waals surface area contributed by atoms with Crippen molar-refractivity contribution in [2.45, 2.75) is 38.5 Å². The van der Waals surface area contributed by atoms with Crippen LogP contribution < -0.4 is 0 Å². The third-order valence-corrected chi connectivity index (χ3v) is 5.38. The largest absolute Gasteiger partial charge is 0.295 e. The molecule has 3 nitrogen and oxygen atoms in total. The Labute approximate surface area is 135 Å². The fraction of sp³-hybridized carbons (Fsp3) is 0.389. The second-order valence-electron chi connectivity index (χ2n) is 6.39. The van der Waals surface area contributed by atoms with Crippen LogP contribution in [0.2, 0.25) is 0 Å². The predicted octanol–water partition coefficient (Wildman–Crippen LogP) is 3.36. The number of benzene rings is 1. The van der Waals surface area contributed by atoms with Gasteiger partial charge in [0, 0.05) is 12.1 Å². The lowest BCUT2D eigenvalue weighted by molar-refractivity contribution is -0.113. The third-order valence-electron chi connectivity index (χ3n) is 3.53. The first-order valence-electron chi connectivity index (χ1n) is 7.43. The van der Waals surface area contributed by atoms with Gasteiger partial charge in [-0.3, -0.25) is 4.79 Å². The van der Waals surface area contributed by atoms with Crippen LogP contribution in [-0.4, -0.2) is 31.6 Å². The summed E-state index contributed by atoms with van der Waals surface area (Å²) in [5, 5.41) is 0. The monoisotopic (exact) mass is 317 g/mol. The number of Topliss-reactive ketones (excluding diaryl/α,β-unsaturated/α-hetero) is 1. The van der Waals surface area contributed by atoms with Gasteiger partial charge in [0.05, 0.1) is 10.8 Å². The maximum atomic E-state index is 12.7. The zero-order chi connectivity index (χ0) is 16.3. The zero-order valence-electron chi connectivity index (χ0n) is 13.6. The highest BCUT2D eigenvalue weighted by Gasteiger charge is 2.36. The lowest BCUT2D eigenvalue weighted by Crippen LogP contribution is -2.41. The van der Waals surface area contributed by atoms with Crippen LogP contribution in [0.3, 0.4) is 0 Å². The molecule has 0 aromatic heterocycles. The molecule has 4 heteroatoms. The molecule has 0 fully saturated rings. The molecule has 0 spiro atoms. The molecular weight excluding hydrogens is 294 g/mol. The van der Waals surface area contributed by atoms with Gasteiger partial charge in [0.25, 0.3) is 0 Å². The molecule has 1 aromatic rings. The van der Waals surface area contributed by atoms with Crippen molar-refractivity contribution in [3.05, 3.63) is 53.6 Å². The van der Waals surface area contributed by atoms with Gasteiger partial charge in [0.15, 0.2) is 5.78 Å². The number of rotatable bonds is 4. The summed E-state index contributed by atoms with van der Waals surface area (Å²) in [5.74, 6) is 0.0381. The average Bonchev–Trinajstić information content (AvgIpc) is 2.88. The van der Waals surface area contributed by atoms with Gasteiger partial charge in [-0.1, -0.05) is 48.6 Å². The Morgan fingerprint density at radius 3 is 2.45 bits per heavy atom. The minimum atomic E-state index is -1.16. The molecule has 0 unspecified atom stereocenters. The molecule has 0 radical (unpaired) electrons. The second kappa shape index (κ2) is 6.71. The Balaban J connectivity index is 2.28. The summed E-state index contributed by atoms with van der Waals surface area (Å²) < 4.78 is 14.3. The van der Waals surface area contributed by atoms with Crippen LogP contribution in [0, 0.1) is 0 Å². The van der Waals surface area contributed by atoms with Gasteiger partial charge >= 0.3 is 0 Å². The van der Waals surface area contributed by atoms with Crippen molar-refractivity contribution in [2.75, 3.05) is 6.54 Å². The first-order valence-corrected chi connectivity index (χ1v) is 8.54. The fourth-order valence-corrected chi connectivity index (χ4v) is 3.72. The van der Waals surface area contributed by atoms with Gasteiger partial charge in [-0.25, -0.2) is 8.51 Å². The van der Waals surface area contributed by atoms with E-state index in [0.29, 0.717) is 6.54 Å². The molecule has 0 saturated heterocycles. The highest BCUT2D eigenvalue weighted by molar-refractivity contribution is 7.84. The minimum Gasteiger partial charge on any atom is -0.295 e. The molecule has 2 atom stereocenters. The van der Waals surface area contributed by atoms with Gasteiger partial charge in [-0.2, -0.15) is 0 Å². The van der Waals surface area contributed by atoms with Crippen LogP contribution in [0.15, 0.2) is 48.1 Å². The Morgan fingerprint density at radius 2 is 1.91 bits per heavy atom. The summed E-state index contributed by atoms with van der Waals surface area (Å²) in [7, 11) is -1.16. The van der Waals surface area contributed by atoms with Crippen molar-refractivity contribution in [1.82, 2.24) is 4.31 Å². The van der Waals surface area contributed by atoms with Gasteiger partial charge in [-0.15, -0.1) is 0 Å². The average molecular weight is 317 g/mol. The first kappa shape index (κ1) is 16.8. The Hall–Kier alpha value is -1.52.